The number of benzene rings is 1. The summed E-state index contributed by atoms with van der Waals surface area (Å²) >= 11 is 0. The molecule has 2 rings (SSSR count). The third-order valence-corrected chi connectivity index (χ3v) is 8.96. The zero-order valence-corrected chi connectivity index (χ0v) is 24.1. The molecule has 0 N–H and O–H groups in total. The van der Waals surface area contributed by atoms with Crippen LogP contribution >= 0.6 is 0 Å². The maximum Gasteiger partial charge on any atom is 0.272 e. The van der Waals surface area contributed by atoms with Crippen molar-refractivity contribution in [3.63, 3.8) is 0 Å². The van der Waals surface area contributed by atoms with Crippen LogP contribution < -0.4 is 4.74 Å². The van der Waals surface area contributed by atoms with E-state index in [4.69, 9.17) is 4.74 Å². The molecule has 0 radical (unpaired) electrons. The number of likely N-dealkylation sites (N-methyl/N-ethyl adjacent to an activating group) is 1. The molecule has 6 nitrogen and oxygen atoms in total. The summed E-state index contributed by atoms with van der Waals surface area (Å²) in [7, 11) is -0.0289. The molecule has 1 aromatic carbocycles. The van der Waals surface area contributed by atoms with E-state index in [1.54, 1.807) is 19.1 Å². The Morgan fingerprint density at radius 2 is 1.77 bits per heavy atom. The highest BCUT2D eigenvalue weighted by atomic mass is 32.2. The summed E-state index contributed by atoms with van der Waals surface area (Å²) in [6.07, 6.45) is 3.57. The van der Waals surface area contributed by atoms with E-state index in [1.807, 2.05) is 27.7 Å². The Hall–Kier alpha value is -2.15. The number of ether oxygens (including phenoxy) is 1. The molecule has 1 aliphatic carbocycles. The van der Waals surface area contributed by atoms with Crippen molar-refractivity contribution < 1.29 is 17.9 Å². The van der Waals surface area contributed by atoms with Gasteiger partial charge < -0.3 is 9.64 Å². The number of methoxy groups -OCH3 is 1. The van der Waals surface area contributed by atoms with Crippen LogP contribution in [0.1, 0.15) is 84.4 Å². The van der Waals surface area contributed by atoms with E-state index in [9.17, 15) is 13.2 Å². The van der Waals surface area contributed by atoms with Crippen molar-refractivity contribution in [1.82, 2.24) is 4.90 Å². The van der Waals surface area contributed by atoms with Crippen LogP contribution in [0, 0.1) is 12.8 Å². The number of aryl methyl sites for hydroxylation is 2. The third-order valence-electron chi connectivity index (χ3n) is 6.70. The van der Waals surface area contributed by atoms with Gasteiger partial charge in [-0.15, -0.1) is 0 Å². The Morgan fingerprint density at radius 3 is 2.26 bits per heavy atom. The van der Waals surface area contributed by atoms with E-state index in [0.29, 0.717) is 31.6 Å². The molecule has 196 valence electrons. The number of amides is 1. The van der Waals surface area contributed by atoms with Crippen LogP contribution in [0.2, 0.25) is 0 Å². The standard InChI is InChI=1S/C28H44N2O4S/c1-18(2)15-23-16-20(4)22(17-25(23)34-10)12-11-19(3)26(27(31)30(9)28(6,7)8)29-21(5)35(32,33)24-13-14-24/h16-18,24H,11-15H2,1-10H3/b26-19+,29-21+. The number of hydrogen-bond acceptors (Lipinski definition) is 5. The summed E-state index contributed by atoms with van der Waals surface area (Å²) in [5, 5.41) is -0.330. The van der Waals surface area contributed by atoms with Crippen molar-refractivity contribution in [3.8, 4) is 5.75 Å². The van der Waals surface area contributed by atoms with Crippen LogP contribution in [0.3, 0.4) is 0 Å². The second-order valence-corrected chi connectivity index (χ2v) is 13.6. The lowest BCUT2D eigenvalue weighted by molar-refractivity contribution is -0.130. The van der Waals surface area contributed by atoms with Gasteiger partial charge in [0.25, 0.3) is 5.91 Å². The van der Waals surface area contributed by atoms with Crippen LogP contribution in [-0.4, -0.2) is 49.2 Å². The third kappa shape index (κ3) is 7.42. The molecule has 35 heavy (non-hydrogen) atoms. The van der Waals surface area contributed by atoms with Crippen molar-refractivity contribution in [3.05, 3.63) is 40.1 Å². The molecule has 0 bridgehead atoms. The fourth-order valence-corrected chi connectivity index (χ4v) is 5.38. The van der Waals surface area contributed by atoms with Crippen LogP contribution in [0.4, 0.5) is 0 Å². The molecular formula is C28H44N2O4S. The SMILES string of the molecule is COc1cc(CC/C(C)=C(/N=C(\C)S(=O)(=O)C2CC2)C(=O)N(C)C(C)(C)C)c(C)cc1CC(C)C. The van der Waals surface area contributed by atoms with Gasteiger partial charge in [0.05, 0.1) is 12.4 Å². The lowest BCUT2D eigenvalue weighted by Gasteiger charge is -2.32. The number of rotatable bonds is 9. The van der Waals surface area contributed by atoms with Crippen molar-refractivity contribution >= 4 is 20.8 Å². The van der Waals surface area contributed by atoms with Gasteiger partial charge in [-0.2, -0.15) is 0 Å². The van der Waals surface area contributed by atoms with Gasteiger partial charge in [0.1, 0.15) is 16.5 Å². The normalized spacial score (nSPS) is 15.8. The fraction of sp³-hybridized carbons (Fsp3) is 0.643. The summed E-state index contributed by atoms with van der Waals surface area (Å²) in [6, 6.07) is 4.28. The number of aliphatic imine (C=N–C) groups is 1. The van der Waals surface area contributed by atoms with Gasteiger partial charge in [0.15, 0.2) is 9.84 Å². The topological polar surface area (TPSA) is 76.0 Å². The molecule has 0 aliphatic heterocycles. The molecule has 1 fully saturated rings. The molecule has 1 aromatic rings. The zero-order valence-electron chi connectivity index (χ0n) is 23.3. The van der Waals surface area contributed by atoms with Crippen LogP contribution in [0.25, 0.3) is 0 Å². The van der Waals surface area contributed by atoms with E-state index in [1.165, 1.54) is 18.1 Å². The lowest BCUT2D eigenvalue weighted by atomic mass is 9.94. The lowest BCUT2D eigenvalue weighted by Crippen LogP contribution is -2.43. The molecular weight excluding hydrogens is 460 g/mol. The first kappa shape index (κ1) is 29.1. The molecule has 0 spiro atoms. The van der Waals surface area contributed by atoms with Gasteiger partial charge in [0.2, 0.25) is 0 Å². The quantitative estimate of drug-likeness (QED) is 0.247. The second kappa shape index (κ2) is 11.3. The Balaban J connectivity index is 2.43. The predicted molar refractivity (Wildman–Crippen MR) is 145 cm³/mol. The molecule has 0 saturated heterocycles. The number of allylic oxidation sites excluding steroid dienone is 1. The summed E-state index contributed by atoms with van der Waals surface area (Å²) < 4.78 is 31.2. The van der Waals surface area contributed by atoms with Gasteiger partial charge in [-0.1, -0.05) is 19.9 Å². The molecule has 0 unspecified atom stereocenters. The predicted octanol–water partition coefficient (Wildman–Crippen LogP) is 5.66. The fourth-order valence-electron chi connectivity index (χ4n) is 3.92. The van der Waals surface area contributed by atoms with Crippen molar-refractivity contribution in [2.45, 2.75) is 98.3 Å². The Morgan fingerprint density at radius 1 is 1.17 bits per heavy atom. The first-order valence-corrected chi connectivity index (χ1v) is 14.1. The monoisotopic (exact) mass is 504 g/mol. The number of carbonyl (C=O) groups is 1. The minimum Gasteiger partial charge on any atom is -0.496 e. The summed E-state index contributed by atoms with van der Waals surface area (Å²) in [5.41, 5.74) is 4.12. The van der Waals surface area contributed by atoms with Gasteiger partial charge in [-0.3, -0.25) is 4.79 Å². The molecule has 0 atom stereocenters. The highest BCUT2D eigenvalue weighted by Gasteiger charge is 2.38. The Labute approximate surface area is 212 Å². The zero-order chi connectivity index (χ0) is 26.7. The van der Waals surface area contributed by atoms with Crippen LogP contribution in [0.5, 0.6) is 5.75 Å². The molecule has 0 aromatic heterocycles. The van der Waals surface area contributed by atoms with Gasteiger partial charge in [-0.05, 0) is 108 Å². The molecule has 1 saturated carbocycles. The minimum absolute atomic E-state index is 0.0286. The minimum atomic E-state index is -3.46. The maximum absolute atomic E-state index is 13.5. The molecule has 1 aliphatic rings. The van der Waals surface area contributed by atoms with Crippen molar-refractivity contribution in [2.24, 2.45) is 10.9 Å². The van der Waals surface area contributed by atoms with Crippen molar-refractivity contribution in [2.75, 3.05) is 14.2 Å². The molecule has 0 heterocycles. The summed E-state index contributed by atoms with van der Waals surface area (Å²) in [5.74, 6) is 1.15. The van der Waals surface area contributed by atoms with E-state index in [0.717, 1.165) is 23.3 Å². The average molecular weight is 505 g/mol. The van der Waals surface area contributed by atoms with Crippen molar-refractivity contribution in [1.29, 1.82) is 0 Å². The molecule has 1 amide bonds. The molecule has 7 heteroatoms. The highest BCUT2D eigenvalue weighted by Crippen LogP contribution is 2.31. The summed E-state index contributed by atoms with van der Waals surface area (Å²) in [4.78, 5) is 19.5. The maximum atomic E-state index is 13.5. The second-order valence-electron chi connectivity index (χ2n) is 11.2. The number of carbonyl (C=O) groups excluding carboxylic acids is 1. The van der Waals surface area contributed by atoms with E-state index >= 15 is 0 Å². The van der Waals surface area contributed by atoms with Crippen LogP contribution in [-0.2, 0) is 27.5 Å². The van der Waals surface area contributed by atoms with E-state index < -0.39 is 15.4 Å². The Kier molecular flexibility index (Phi) is 9.37. The summed E-state index contributed by atoms with van der Waals surface area (Å²) in [6.45, 7) is 15.7. The van der Waals surface area contributed by atoms with E-state index in [2.05, 4.69) is 37.9 Å². The first-order valence-electron chi connectivity index (χ1n) is 12.5. The van der Waals surface area contributed by atoms with Gasteiger partial charge in [0, 0.05) is 12.6 Å². The highest BCUT2D eigenvalue weighted by molar-refractivity contribution is 8.07. The largest absolute Gasteiger partial charge is 0.496 e. The van der Waals surface area contributed by atoms with Crippen LogP contribution in [0.15, 0.2) is 28.4 Å². The average Bonchev–Trinajstić information content (AvgIpc) is 3.60. The van der Waals surface area contributed by atoms with Gasteiger partial charge >= 0.3 is 0 Å². The van der Waals surface area contributed by atoms with E-state index in [-0.39, 0.29) is 21.9 Å². The smallest absolute Gasteiger partial charge is 0.272 e. The number of sulfone groups is 1. The number of nitrogens with zero attached hydrogens (tertiary/aromatic N) is 2. The first-order chi connectivity index (χ1) is 16.1. The Bertz CT molecular complexity index is 1100. The number of hydrogen-bond donors (Lipinski definition) is 0. The van der Waals surface area contributed by atoms with Gasteiger partial charge in [-0.25, -0.2) is 13.4 Å².